The van der Waals surface area contributed by atoms with Gasteiger partial charge >= 0.3 is 0 Å². The average Bonchev–Trinajstić information content (AvgIpc) is 2.75. The second-order valence-corrected chi connectivity index (χ2v) is 4.67. The summed E-state index contributed by atoms with van der Waals surface area (Å²) in [5, 5.41) is 6.67. The first-order chi connectivity index (χ1) is 6.75. The molecule has 0 aromatic heterocycles. The topological polar surface area (TPSA) is 50.7 Å². The van der Waals surface area contributed by atoms with Gasteiger partial charge in [0, 0.05) is 12.5 Å². The molecule has 1 unspecified atom stereocenters. The fourth-order valence-corrected chi connectivity index (χ4v) is 2.23. The molecule has 0 aromatic rings. The zero-order valence-corrected chi connectivity index (χ0v) is 9.42. The number of nitrogens with zero attached hydrogens (tertiary/aromatic N) is 1. The Morgan fingerprint density at radius 1 is 1.50 bits per heavy atom. The Morgan fingerprint density at radius 3 is 2.79 bits per heavy atom. The molecule has 1 atom stereocenters. The van der Waals surface area contributed by atoms with E-state index < -0.39 is 6.10 Å². The monoisotopic (exact) mass is 260 g/mol. The summed E-state index contributed by atoms with van der Waals surface area (Å²) in [6.07, 6.45) is 4.76. The van der Waals surface area contributed by atoms with Crippen LogP contribution < -0.4 is 5.32 Å². The van der Waals surface area contributed by atoms with Crippen LogP contribution in [0.1, 0.15) is 32.1 Å². The van der Waals surface area contributed by atoms with Gasteiger partial charge in [0.25, 0.3) is 5.91 Å². The quantitative estimate of drug-likeness (QED) is 0.819. The van der Waals surface area contributed by atoms with Crippen molar-refractivity contribution in [3.8, 4) is 0 Å². The van der Waals surface area contributed by atoms with Gasteiger partial charge in [-0.05, 0) is 28.8 Å². The maximum absolute atomic E-state index is 11.6. The summed E-state index contributed by atoms with van der Waals surface area (Å²) in [5.41, 5.74) is 0. The number of halogens is 1. The molecule has 14 heavy (non-hydrogen) atoms. The lowest BCUT2D eigenvalue weighted by atomic mass is 10.2. The highest BCUT2D eigenvalue weighted by molar-refractivity contribution is 9.18. The third-order valence-corrected chi connectivity index (χ3v) is 3.10. The summed E-state index contributed by atoms with van der Waals surface area (Å²) < 4.78 is 0.712. The van der Waals surface area contributed by atoms with E-state index in [2.05, 4.69) is 26.4 Å². The Balaban J connectivity index is 1.78. The van der Waals surface area contributed by atoms with Gasteiger partial charge in [0.15, 0.2) is 0 Å². The SMILES string of the molecule is O=C(NC1CCCC1)C1CC(Br)=NO1. The molecular weight excluding hydrogens is 248 g/mol. The van der Waals surface area contributed by atoms with Crippen molar-refractivity contribution in [2.75, 3.05) is 0 Å². The first-order valence-corrected chi connectivity index (χ1v) is 5.73. The summed E-state index contributed by atoms with van der Waals surface area (Å²) in [6.45, 7) is 0. The van der Waals surface area contributed by atoms with E-state index in [-0.39, 0.29) is 5.91 Å². The fourth-order valence-electron chi connectivity index (χ4n) is 1.85. The molecule has 1 heterocycles. The highest BCUT2D eigenvalue weighted by Gasteiger charge is 2.29. The minimum atomic E-state index is -0.426. The van der Waals surface area contributed by atoms with Crippen LogP contribution in [0.15, 0.2) is 5.16 Å². The summed E-state index contributed by atoms with van der Waals surface area (Å²) in [7, 11) is 0. The molecule has 0 bridgehead atoms. The first kappa shape index (κ1) is 9.96. The van der Waals surface area contributed by atoms with E-state index >= 15 is 0 Å². The van der Waals surface area contributed by atoms with Crippen LogP contribution in [0, 0.1) is 0 Å². The smallest absolute Gasteiger partial charge is 0.264 e. The molecule has 0 aromatic carbocycles. The van der Waals surface area contributed by atoms with Crippen LogP contribution in [-0.2, 0) is 9.63 Å². The molecule has 0 radical (unpaired) electrons. The Kier molecular flexibility index (Phi) is 3.05. The standard InChI is InChI=1S/C9H13BrN2O2/c10-8-5-7(14-12-8)9(13)11-6-3-1-2-4-6/h6-7H,1-5H2,(H,11,13). The predicted octanol–water partition coefficient (Wildman–Crippen LogP) is 1.54. The molecule has 2 rings (SSSR count). The zero-order valence-electron chi connectivity index (χ0n) is 7.83. The highest BCUT2D eigenvalue weighted by Crippen LogP contribution is 2.19. The minimum Gasteiger partial charge on any atom is -0.381 e. The summed E-state index contributed by atoms with van der Waals surface area (Å²) in [4.78, 5) is 16.6. The minimum absolute atomic E-state index is 0.0323. The van der Waals surface area contributed by atoms with Crippen LogP contribution in [0.3, 0.4) is 0 Å². The fraction of sp³-hybridized carbons (Fsp3) is 0.778. The Hall–Kier alpha value is -0.580. The number of carbonyl (C=O) groups excluding carboxylic acids is 1. The average molecular weight is 261 g/mol. The van der Waals surface area contributed by atoms with Crippen molar-refractivity contribution < 1.29 is 9.63 Å². The van der Waals surface area contributed by atoms with Gasteiger partial charge in [-0.3, -0.25) is 4.79 Å². The largest absolute Gasteiger partial charge is 0.381 e. The van der Waals surface area contributed by atoms with E-state index in [1.54, 1.807) is 0 Å². The van der Waals surface area contributed by atoms with Crippen molar-refractivity contribution in [1.29, 1.82) is 0 Å². The van der Waals surface area contributed by atoms with Crippen LogP contribution in [0.2, 0.25) is 0 Å². The van der Waals surface area contributed by atoms with Gasteiger partial charge in [-0.2, -0.15) is 0 Å². The van der Waals surface area contributed by atoms with E-state index in [9.17, 15) is 4.79 Å². The van der Waals surface area contributed by atoms with Crippen molar-refractivity contribution in [3.05, 3.63) is 0 Å². The molecule has 1 amide bonds. The van der Waals surface area contributed by atoms with E-state index in [1.807, 2.05) is 0 Å². The molecule has 0 spiro atoms. The molecule has 1 saturated carbocycles. The van der Waals surface area contributed by atoms with E-state index in [0.29, 0.717) is 17.1 Å². The number of nitrogens with one attached hydrogen (secondary N) is 1. The van der Waals surface area contributed by atoms with Gasteiger partial charge in [-0.1, -0.05) is 18.0 Å². The molecule has 1 aliphatic heterocycles. The Labute approximate surface area is 91.2 Å². The zero-order chi connectivity index (χ0) is 9.97. The summed E-state index contributed by atoms with van der Waals surface area (Å²) >= 11 is 3.20. The number of rotatable bonds is 2. The summed E-state index contributed by atoms with van der Waals surface area (Å²) in [5.74, 6) is -0.0323. The maximum atomic E-state index is 11.6. The van der Waals surface area contributed by atoms with E-state index in [1.165, 1.54) is 12.8 Å². The van der Waals surface area contributed by atoms with Crippen LogP contribution in [0.25, 0.3) is 0 Å². The maximum Gasteiger partial charge on any atom is 0.264 e. The molecule has 4 nitrogen and oxygen atoms in total. The third-order valence-electron chi connectivity index (χ3n) is 2.63. The van der Waals surface area contributed by atoms with Gasteiger partial charge in [-0.15, -0.1) is 0 Å². The van der Waals surface area contributed by atoms with Gasteiger partial charge in [0.1, 0.15) is 4.62 Å². The van der Waals surface area contributed by atoms with Crippen LogP contribution in [0.5, 0.6) is 0 Å². The van der Waals surface area contributed by atoms with Crippen molar-refractivity contribution in [3.63, 3.8) is 0 Å². The lowest BCUT2D eigenvalue weighted by molar-refractivity contribution is -0.131. The first-order valence-electron chi connectivity index (χ1n) is 4.94. The number of carbonyl (C=O) groups is 1. The van der Waals surface area contributed by atoms with Gasteiger partial charge in [0.2, 0.25) is 6.10 Å². The third kappa shape index (κ3) is 2.26. The molecular formula is C9H13BrN2O2. The lowest BCUT2D eigenvalue weighted by Gasteiger charge is -2.14. The Bertz CT molecular complexity index is 262. The van der Waals surface area contributed by atoms with Crippen molar-refractivity contribution in [1.82, 2.24) is 5.32 Å². The number of oxime groups is 1. The molecule has 1 N–H and O–H groups in total. The second-order valence-electron chi connectivity index (χ2n) is 3.76. The lowest BCUT2D eigenvalue weighted by Crippen LogP contribution is -2.40. The molecule has 1 fully saturated rings. The Morgan fingerprint density at radius 2 is 2.21 bits per heavy atom. The highest BCUT2D eigenvalue weighted by atomic mass is 79.9. The predicted molar refractivity (Wildman–Crippen MR) is 56.3 cm³/mol. The number of hydrogen-bond donors (Lipinski definition) is 1. The van der Waals surface area contributed by atoms with Crippen LogP contribution in [-0.4, -0.2) is 22.7 Å². The molecule has 0 saturated heterocycles. The van der Waals surface area contributed by atoms with Gasteiger partial charge < -0.3 is 10.2 Å². The molecule has 5 heteroatoms. The van der Waals surface area contributed by atoms with Gasteiger partial charge in [-0.25, -0.2) is 0 Å². The number of amides is 1. The van der Waals surface area contributed by atoms with Crippen molar-refractivity contribution in [2.45, 2.75) is 44.2 Å². The molecule has 2 aliphatic rings. The number of hydrogen-bond acceptors (Lipinski definition) is 3. The van der Waals surface area contributed by atoms with E-state index in [0.717, 1.165) is 12.8 Å². The second kappa shape index (κ2) is 4.29. The van der Waals surface area contributed by atoms with Crippen LogP contribution in [0.4, 0.5) is 0 Å². The van der Waals surface area contributed by atoms with E-state index in [4.69, 9.17) is 4.84 Å². The van der Waals surface area contributed by atoms with Crippen molar-refractivity contribution in [2.24, 2.45) is 5.16 Å². The molecule has 78 valence electrons. The van der Waals surface area contributed by atoms with Crippen molar-refractivity contribution >= 4 is 26.5 Å². The van der Waals surface area contributed by atoms with Crippen LogP contribution >= 0.6 is 15.9 Å². The normalized spacial score (nSPS) is 27.2. The molecule has 1 aliphatic carbocycles. The summed E-state index contributed by atoms with van der Waals surface area (Å²) in [6, 6.07) is 0.352. The van der Waals surface area contributed by atoms with Gasteiger partial charge in [0.05, 0.1) is 0 Å².